The fourth-order valence-corrected chi connectivity index (χ4v) is 7.37. The molecule has 2 atom stereocenters. The maximum atomic E-state index is 12.8. The van der Waals surface area contributed by atoms with E-state index in [4.69, 9.17) is 23.2 Å². The molecule has 6 nitrogen and oxygen atoms in total. The van der Waals surface area contributed by atoms with E-state index in [1.165, 1.54) is 36.4 Å². The van der Waals surface area contributed by atoms with Gasteiger partial charge in [-0.05, 0) is 73.5 Å². The number of hydrogen-bond donors (Lipinski definition) is 2. The van der Waals surface area contributed by atoms with Crippen molar-refractivity contribution in [2.24, 2.45) is 0 Å². The third-order valence-electron chi connectivity index (χ3n) is 6.81. The number of alkyl halides is 6. The summed E-state index contributed by atoms with van der Waals surface area (Å²) in [7, 11) is -7.92. The van der Waals surface area contributed by atoms with E-state index < -0.39 is 54.4 Å². The van der Waals surface area contributed by atoms with Gasteiger partial charge in [0.1, 0.15) is 0 Å². The van der Waals surface area contributed by atoms with Gasteiger partial charge in [-0.3, -0.25) is 0 Å². The maximum Gasteiger partial charge on any atom is 0.421 e. The molecule has 0 fully saturated rings. The Morgan fingerprint density at radius 3 is 1.00 bits per heavy atom. The number of rotatable bonds is 6. The second kappa shape index (κ2) is 13.2. The van der Waals surface area contributed by atoms with Gasteiger partial charge in [0.25, 0.3) is 0 Å². The highest BCUT2D eigenvalue weighted by Gasteiger charge is 2.52. The van der Waals surface area contributed by atoms with Crippen LogP contribution in [0, 0.1) is 0 Å². The molecule has 0 unspecified atom stereocenters. The van der Waals surface area contributed by atoms with E-state index >= 15 is 0 Å². The summed E-state index contributed by atoms with van der Waals surface area (Å²) < 4.78 is 126. The lowest BCUT2D eigenvalue weighted by atomic mass is 9.96. The van der Waals surface area contributed by atoms with Gasteiger partial charge in [-0.1, -0.05) is 71.7 Å². The smallest absolute Gasteiger partial charge is 0.376 e. The van der Waals surface area contributed by atoms with E-state index in [0.717, 1.165) is 48.5 Å². The van der Waals surface area contributed by atoms with Crippen LogP contribution in [0.3, 0.4) is 0 Å². The van der Waals surface area contributed by atoms with Crippen LogP contribution in [-0.2, 0) is 30.9 Å². The van der Waals surface area contributed by atoms with Gasteiger partial charge in [0.2, 0.25) is 19.7 Å². The molecule has 4 aromatic carbocycles. The SMILES string of the molecule is C[C@@](O)(c1ccc(S(=O)(=O)c2ccccc2Cl)cc1)C(F)(F)F.C[C@](O)(c1ccc(S(=O)(=O)c2ccccc2Cl)cc1)C(F)(F)F. The lowest BCUT2D eigenvalue weighted by Gasteiger charge is -2.26. The molecule has 0 aromatic heterocycles. The first-order valence-electron chi connectivity index (χ1n) is 12.7. The van der Waals surface area contributed by atoms with Crippen LogP contribution >= 0.6 is 23.2 Å². The molecular formula is C30H24Cl2F6O6S2. The molecular weight excluding hydrogens is 705 g/mol. The number of hydrogen-bond acceptors (Lipinski definition) is 6. The molecule has 0 saturated heterocycles. The monoisotopic (exact) mass is 728 g/mol. The molecule has 4 aromatic rings. The van der Waals surface area contributed by atoms with Crippen molar-refractivity contribution < 1.29 is 53.4 Å². The molecule has 0 amide bonds. The Balaban J connectivity index is 0.000000250. The minimum absolute atomic E-state index is 0.0128. The van der Waals surface area contributed by atoms with Crippen LogP contribution in [0.1, 0.15) is 25.0 Å². The zero-order valence-corrected chi connectivity index (χ0v) is 26.8. The molecule has 16 heteroatoms. The third-order valence-corrected chi connectivity index (χ3v) is 11.3. The molecule has 0 aliphatic heterocycles. The molecule has 0 radical (unpaired) electrons. The Morgan fingerprint density at radius 1 is 0.500 bits per heavy atom. The summed E-state index contributed by atoms with van der Waals surface area (Å²) in [5.41, 5.74) is -7.05. The molecule has 0 aliphatic rings. The average molecular weight is 730 g/mol. The molecule has 0 aliphatic carbocycles. The van der Waals surface area contributed by atoms with Gasteiger partial charge < -0.3 is 10.2 Å². The molecule has 248 valence electrons. The molecule has 46 heavy (non-hydrogen) atoms. The Labute approximate surface area is 270 Å². The summed E-state index contributed by atoms with van der Waals surface area (Å²) in [4.78, 5) is -0.714. The highest BCUT2D eigenvalue weighted by Crippen LogP contribution is 2.40. The van der Waals surface area contributed by atoms with Gasteiger partial charge in [0, 0.05) is 0 Å². The van der Waals surface area contributed by atoms with Crippen LogP contribution in [-0.4, -0.2) is 39.4 Å². The lowest BCUT2D eigenvalue weighted by Crippen LogP contribution is -2.39. The van der Waals surface area contributed by atoms with Crippen molar-refractivity contribution >= 4 is 42.9 Å². The number of benzene rings is 4. The molecule has 0 spiro atoms. The fraction of sp³-hybridized carbons (Fsp3) is 0.200. The first-order valence-corrected chi connectivity index (χ1v) is 16.5. The summed E-state index contributed by atoms with van der Waals surface area (Å²) in [6.07, 6.45) is -9.76. The first kappa shape index (κ1) is 37.3. The quantitative estimate of drug-likeness (QED) is 0.196. The van der Waals surface area contributed by atoms with Crippen molar-refractivity contribution in [2.45, 2.75) is 57.0 Å². The van der Waals surface area contributed by atoms with E-state index in [0.29, 0.717) is 13.8 Å². The second-order valence-corrected chi connectivity index (χ2v) is 14.7. The van der Waals surface area contributed by atoms with Crippen molar-refractivity contribution in [3.63, 3.8) is 0 Å². The van der Waals surface area contributed by atoms with Crippen molar-refractivity contribution in [2.75, 3.05) is 0 Å². The van der Waals surface area contributed by atoms with E-state index in [2.05, 4.69) is 0 Å². The van der Waals surface area contributed by atoms with Gasteiger partial charge in [-0.25, -0.2) is 16.8 Å². The minimum atomic E-state index is -4.88. The second-order valence-electron chi connectivity index (χ2n) is 10.1. The molecule has 4 rings (SSSR count). The zero-order chi connectivity index (χ0) is 34.9. The van der Waals surface area contributed by atoms with Gasteiger partial charge in [-0.15, -0.1) is 0 Å². The van der Waals surface area contributed by atoms with Crippen LogP contribution in [0.5, 0.6) is 0 Å². The van der Waals surface area contributed by atoms with Crippen molar-refractivity contribution in [3.05, 3.63) is 118 Å². The Hall–Kier alpha value is -3.14. The van der Waals surface area contributed by atoms with Crippen LogP contribution in [0.2, 0.25) is 10.0 Å². The molecule has 0 heterocycles. The van der Waals surface area contributed by atoms with Crippen LogP contribution < -0.4 is 0 Å². The zero-order valence-electron chi connectivity index (χ0n) is 23.6. The van der Waals surface area contributed by atoms with E-state index in [1.54, 1.807) is 12.1 Å². The average Bonchev–Trinajstić information content (AvgIpc) is 2.97. The topological polar surface area (TPSA) is 109 Å². The summed E-state index contributed by atoms with van der Waals surface area (Å²) in [6.45, 7) is 1.20. The van der Waals surface area contributed by atoms with Gasteiger partial charge in [0.05, 0.1) is 29.6 Å². The summed E-state index contributed by atoms with van der Waals surface area (Å²) in [5.74, 6) is 0. The van der Waals surface area contributed by atoms with Gasteiger partial charge in [0.15, 0.2) is 11.2 Å². The predicted molar refractivity (Wildman–Crippen MR) is 158 cm³/mol. The Bertz CT molecular complexity index is 1770. The van der Waals surface area contributed by atoms with Gasteiger partial charge in [-0.2, -0.15) is 26.3 Å². The number of sulfone groups is 2. The lowest BCUT2D eigenvalue weighted by molar-refractivity contribution is -0.259. The van der Waals surface area contributed by atoms with Crippen LogP contribution in [0.4, 0.5) is 26.3 Å². The van der Waals surface area contributed by atoms with Crippen LogP contribution in [0.25, 0.3) is 0 Å². The fourth-order valence-electron chi connectivity index (χ4n) is 3.82. The number of aliphatic hydroxyl groups is 2. The highest BCUT2D eigenvalue weighted by atomic mass is 35.5. The highest BCUT2D eigenvalue weighted by molar-refractivity contribution is 7.92. The van der Waals surface area contributed by atoms with Gasteiger partial charge >= 0.3 is 12.4 Å². The molecule has 0 saturated carbocycles. The maximum absolute atomic E-state index is 12.8. The predicted octanol–water partition coefficient (Wildman–Crippen LogP) is 7.89. The summed E-state index contributed by atoms with van der Waals surface area (Å²) in [6, 6.07) is 19.2. The normalized spacial score (nSPS) is 15.2. The molecule has 0 bridgehead atoms. The van der Waals surface area contributed by atoms with Crippen molar-refractivity contribution in [1.29, 1.82) is 0 Å². The van der Waals surface area contributed by atoms with E-state index in [9.17, 15) is 53.4 Å². The Kier molecular flexibility index (Phi) is 10.7. The number of halogens is 8. The van der Waals surface area contributed by atoms with Crippen LogP contribution in [0.15, 0.2) is 117 Å². The first-order chi connectivity index (χ1) is 21.0. The largest absolute Gasteiger partial charge is 0.421 e. The van der Waals surface area contributed by atoms with E-state index in [-0.39, 0.29) is 29.6 Å². The summed E-state index contributed by atoms with van der Waals surface area (Å²) in [5, 5.41) is 19.2. The van der Waals surface area contributed by atoms with Crippen molar-refractivity contribution in [3.8, 4) is 0 Å². The Morgan fingerprint density at radius 2 is 0.761 bits per heavy atom. The molecule has 2 N–H and O–H groups in total. The van der Waals surface area contributed by atoms with Crippen molar-refractivity contribution in [1.82, 2.24) is 0 Å². The summed E-state index contributed by atoms with van der Waals surface area (Å²) >= 11 is 11.7. The minimum Gasteiger partial charge on any atom is -0.376 e. The third kappa shape index (κ3) is 7.53. The standard InChI is InChI=1S/2C15H12ClF3O3S/c2*1-14(20,15(17,18)19)10-6-8-11(9-7-10)23(21,22)13-5-3-2-4-12(13)16/h2*2-9,20H,1H3/t2*14-/m10/s1. The van der Waals surface area contributed by atoms with E-state index in [1.807, 2.05) is 0 Å².